The van der Waals surface area contributed by atoms with Gasteiger partial charge in [0.1, 0.15) is 11.6 Å². The Kier molecular flexibility index (Phi) is 5.61. The third kappa shape index (κ3) is 4.07. The summed E-state index contributed by atoms with van der Waals surface area (Å²) in [5.74, 6) is 1.52. The van der Waals surface area contributed by atoms with Gasteiger partial charge in [-0.05, 0) is 69.4 Å². The SMILES string of the molecule is CCOc1ccc(NC(=O)Nc2c(C3=CCCCC3)c(C)nn2C)cc1. The van der Waals surface area contributed by atoms with Gasteiger partial charge in [0.2, 0.25) is 0 Å². The highest BCUT2D eigenvalue weighted by molar-refractivity contribution is 6.01. The number of hydrogen-bond acceptors (Lipinski definition) is 3. The van der Waals surface area contributed by atoms with Crippen LogP contribution in [0.2, 0.25) is 0 Å². The molecular weight excluding hydrogens is 328 g/mol. The summed E-state index contributed by atoms with van der Waals surface area (Å²) in [6.07, 6.45) is 6.79. The lowest BCUT2D eigenvalue weighted by Gasteiger charge is -2.15. The Bertz CT molecular complexity index is 806. The van der Waals surface area contributed by atoms with Crippen molar-refractivity contribution < 1.29 is 9.53 Å². The van der Waals surface area contributed by atoms with Gasteiger partial charge < -0.3 is 10.1 Å². The maximum atomic E-state index is 12.5. The van der Waals surface area contributed by atoms with E-state index in [2.05, 4.69) is 21.8 Å². The van der Waals surface area contributed by atoms with E-state index in [0.717, 1.165) is 35.7 Å². The van der Waals surface area contributed by atoms with Crippen molar-refractivity contribution in [2.75, 3.05) is 17.2 Å². The molecule has 0 bridgehead atoms. The van der Waals surface area contributed by atoms with Gasteiger partial charge in [-0.2, -0.15) is 5.10 Å². The van der Waals surface area contributed by atoms with Crippen LogP contribution in [0, 0.1) is 6.92 Å². The van der Waals surface area contributed by atoms with Crippen molar-refractivity contribution in [1.82, 2.24) is 9.78 Å². The molecule has 1 aromatic heterocycles. The highest BCUT2D eigenvalue weighted by Gasteiger charge is 2.20. The first kappa shape index (κ1) is 18.0. The van der Waals surface area contributed by atoms with Gasteiger partial charge in [0.15, 0.2) is 0 Å². The molecule has 1 heterocycles. The molecule has 6 nitrogen and oxygen atoms in total. The Morgan fingerprint density at radius 2 is 2.00 bits per heavy atom. The van der Waals surface area contributed by atoms with E-state index >= 15 is 0 Å². The molecule has 0 spiro atoms. The first-order valence-corrected chi connectivity index (χ1v) is 9.12. The average molecular weight is 354 g/mol. The minimum absolute atomic E-state index is 0.283. The van der Waals surface area contributed by atoms with Crippen molar-refractivity contribution in [3.63, 3.8) is 0 Å². The van der Waals surface area contributed by atoms with Crippen molar-refractivity contribution in [2.45, 2.75) is 39.5 Å². The maximum Gasteiger partial charge on any atom is 0.324 e. The molecule has 0 unspecified atom stereocenters. The highest BCUT2D eigenvalue weighted by Crippen LogP contribution is 2.33. The fourth-order valence-electron chi connectivity index (χ4n) is 3.32. The minimum Gasteiger partial charge on any atom is -0.494 e. The summed E-state index contributed by atoms with van der Waals surface area (Å²) in [6.45, 7) is 4.54. The van der Waals surface area contributed by atoms with Gasteiger partial charge in [-0.25, -0.2) is 4.79 Å². The Morgan fingerprint density at radius 1 is 1.23 bits per heavy atom. The van der Waals surface area contributed by atoms with Crippen LogP contribution < -0.4 is 15.4 Å². The molecular formula is C20H26N4O2. The van der Waals surface area contributed by atoms with Crippen molar-refractivity contribution in [3.8, 4) is 5.75 Å². The summed E-state index contributed by atoms with van der Waals surface area (Å²) in [5, 5.41) is 10.3. The fraction of sp³-hybridized carbons (Fsp3) is 0.400. The zero-order valence-electron chi connectivity index (χ0n) is 15.6. The first-order valence-electron chi connectivity index (χ1n) is 9.12. The number of anilines is 2. The third-order valence-corrected chi connectivity index (χ3v) is 4.49. The van der Waals surface area contributed by atoms with Crippen molar-refractivity contribution >= 4 is 23.1 Å². The van der Waals surface area contributed by atoms with Crippen molar-refractivity contribution in [3.05, 3.63) is 41.6 Å². The number of urea groups is 1. The Balaban J connectivity index is 1.74. The van der Waals surface area contributed by atoms with E-state index in [1.807, 2.05) is 45.2 Å². The highest BCUT2D eigenvalue weighted by atomic mass is 16.5. The van der Waals surface area contributed by atoms with Crippen LogP contribution in [0.25, 0.3) is 5.57 Å². The molecule has 1 aliphatic carbocycles. The van der Waals surface area contributed by atoms with Crippen LogP contribution in [-0.2, 0) is 7.05 Å². The van der Waals surface area contributed by atoms with Crippen molar-refractivity contribution in [1.29, 1.82) is 0 Å². The molecule has 0 aliphatic heterocycles. The van der Waals surface area contributed by atoms with E-state index < -0.39 is 0 Å². The number of carbonyl (C=O) groups is 1. The second kappa shape index (κ2) is 8.08. The van der Waals surface area contributed by atoms with Crippen LogP contribution in [0.5, 0.6) is 5.75 Å². The lowest BCUT2D eigenvalue weighted by Crippen LogP contribution is -2.21. The van der Waals surface area contributed by atoms with E-state index in [1.54, 1.807) is 4.68 Å². The van der Waals surface area contributed by atoms with Gasteiger partial charge in [0.25, 0.3) is 0 Å². The molecule has 0 atom stereocenters. The number of hydrogen-bond donors (Lipinski definition) is 2. The summed E-state index contributed by atoms with van der Waals surface area (Å²) in [7, 11) is 1.85. The number of aromatic nitrogens is 2. The molecule has 1 aliphatic rings. The van der Waals surface area contributed by atoms with E-state index in [9.17, 15) is 4.79 Å². The second-order valence-electron chi connectivity index (χ2n) is 6.44. The Morgan fingerprint density at radius 3 is 2.65 bits per heavy atom. The second-order valence-corrected chi connectivity index (χ2v) is 6.44. The molecule has 2 aromatic rings. The first-order chi connectivity index (χ1) is 12.6. The predicted molar refractivity (Wildman–Crippen MR) is 105 cm³/mol. The summed E-state index contributed by atoms with van der Waals surface area (Å²) in [4.78, 5) is 12.5. The zero-order chi connectivity index (χ0) is 18.5. The van der Waals surface area contributed by atoms with Crippen LogP contribution in [0.1, 0.15) is 43.9 Å². The largest absolute Gasteiger partial charge is 0.494 e. The van der Waals surface area contributed by atoms with E-state index in [0.29, 0.717) is 12.3 Å². The van der Waals surface area contributed by atoms with E-state index in [4.69, 9.17) is 4.74 Å². The molecule has 0 radical (unpaired) electrons. The standard InChI is InChI=1S/C20H26N4O2/c1-4-26-17-12-10-16(11-13-17)21-20(25)22-19-18(14(2)23-24(19)3)15-8-6-5-7-9-15/h8,10-13H,4-7,9H2,1-3H3,(H2,21,22,25). The number of nitrogens with one attached hydrogen (secondary N) is 2. The smallest absolute Gasteiger partial charge is 0.324 e. The number of benzene rings is 1. The number of aryl methyl sites for hydroxylation is 2. The van der Waals surface area contributed by atoms with Crippen LogP contribution in [-0.4, -0.2) is 22.4 Å². The molecule has 3 rings (SSSR count). The van der Waals surface area contributed by atoms with Gasteiger partial charge in [0, 0.05) is 18.3 Å². The van der Waals surface area contributed by atoms with Gasteiger partial charge in [-0.1, -0.05) is 6.08 Å². The fourth-order valence-corrected chi connectivity index (χ4v) is 3.32. The molecule has 0 saturated carbocycles. The summed E-state index contributed by atoms with van der Waals surface area (Å²) in [6, 6.07) is 7.04. The number of carbonyl (C=O) groups excluding carboxylic acids is 1. The Labute approximate surface area is 154 Å². The molecule has 26 heavy (non-hydrogen) atoms. The summed E-state index contributed by atoms with van der Waals surface area (Å²) >= 11 is 0. The van der Waals surface area contributed by atoms with E-state index in [1.165, 1.54) is 18.4 Å². The minimum atomic E-state index is -0.283. The van der Waals surface area contributed by atoms with Crippen molar-refractivity contribution in [2.24, 2.45) is 7.05 Å². The topological polar surface area (TPSA) is 68.2 Å². The maximum absolute atomic E-state index is 12.5. The average Bonchev–Trinajstić information content (AvgIpc) is 2.91. The number of allylic oxidation sites excluding steroid dienone is 2. The van der Waals surface area contributed by atoms with Gasteiger partial charge >= 0.3 is 6.03 Å². The molecule has 1 aromatic carbocycles. The van der Waals surface area contributed by atoms with Gasteiger partial charge in [0.05, 0.1) is 12.3 Å². The lowest BCUT2D eigenvalue weighted by atomic mass is 9.93. The molecule has 2 amide bonds. The number of ether oxygens (including phenoxy) is 1. The molecule has 2 N–H and O–H groups in total. The summed E-state index contributed by atoms with van der Waals surface area (Å²) < 4.78 is 7.15. The monoisotopic (exact) mass is 354 g/mol. The van der Waals surface area contributed by atoms with Crippen LogP contribution >= 0.6 is 0 Å². The third-order valence-electron chi connectivity index (χ3n) is 4.49. The molecule has 0 saturated heterocycles. The number of amides is 2. The van der Waals surface area contributed by atoms with Crippen LogP contribution in [0.15, 0.2) is 30.3 Å². The Hall–Kier alpha value is -2.76. The number of nitrogens with zero attached hydrogens (tertiary/aromatic N) is 2. The zero-order valence-corrected chi connectivity index (χ0v) is 15.6. The van der Waals surface area contributed by atoms with Gasteiger partial charge in [-0.3, -0.25) is 10.00 Å². The van der Waals surface area contributed by atoms with E-state index in [-0.39, 0.29) is 6.03 Å². The molecule has 6 heteroatoms. The lowest BCUT2D eigenvalue weighted by molar-refractivity contribution is 0.262. The van der Waals surface area contributed by atoms with Gasteiger partial charge in [-0.15, -0.1) is 0 Å². The van der Waals surface area contributed by atoms with Crippen LogP contribution in [0.4, 0.5) is 16.3 Å². The number of rotatable bonds is 5. The summed E-state index contributed by atoms with van der Waals surface area (Å²) in [5.41, 5.74) is 3.98. The molecule has 138 valence electrons. The quantitative estimate of drug-likeness (QED) is 0.816. The predicted octanol–water partition coefficient (Wildman–Crippen LogP) is 4.73. The molecule has 0 fully saturated rings. The van der Waals surface area contributed by atoms with Crippen LogP contribution in [0.3, 0.4) is 0 Å². The normalized spacial score (nSPS) is 13.9.